The van der Waals surface area contributed by atoms with Crippen molar-refractivity contribution in [3.05, 3.63) is 83.7 Å². The molecule has 2 aromatic carbocycles. The number of aliphatic carboxylic acids is 5. The molecule has 9 atom stereocenters. The van der Waals surface area contributed by atoms with Crippen LogP contribution in [0.1, 0.15) is 89.0 Å². The van der Waals surface area contributed by atoms with Crippen molar-refractivity contribution in [2.45, 2.75) is 150 Å². The Morgan fingerprint density at radius 2 is 0.800 bits per heavy atom. The van der Waals surface area contributed by atoms with Crippen molar-refractivity contribution in [2.75, 3.05) is 19.6 Å². The molecule has 0 saturated carbocycles. The van der Waals surface area contributed by atoms with Crippen LogP contribution in [0.3, 0.4) is 0 Å². The molecule has 0 aliphatic carbocycles. The zero-order chi connectivity index (χ0) is 70.9. The number of primary amides is 1. The maximum atomic E-state index is 14.5. The number of hydrogen-bond acceptors (Lipinski definition) is 19. The fraction of sp³-hybridized carbons (Fsp3) is 0.483. The summed E-state index contributed by atoms with van der Waals surface area (Å²) < 4.78 is 1.22. The minimum Gasteiger partial charge on any atom is -0.481 e. The van der Waals surface area contributed by atoms with Gasteiger partial charge in [0.05, 0.1) is 67.5 Å². The van der Waals surface area contributed by atoms with Gasteiger partial charge in [-0.15, -0.1) is 5.10 Å². The van der Waals surface area contributed by atoms with Gasteiger partial charge in [0, 0.05) is 25.6 Å². The summed E-state index contributed by atoms with van der Waals surface area (Å²) in [7, 11) is 0. The number of amides is 11. The number of rotatable bonds is 44. The Kier molecular flexibility index (Phi) is 33.9. The van der Waals surface area contributed by atoms with Gasteiger partial charge >= 0.3 is 29.8 Å². The third kappa shape index (κ3) is 31.8. The van der Waals surface area contributed by atoms with E-state index in [2.05, 4.69) is 47.5 Å². The van der Waals surface area contributed by atoms with Crippen molar-refractivity contribution in [2.24, 2.45) is 11.7 Å². The van der Waals surface area contributed by atoms with Gasteiger partial charge in [-0.05, 0) is 49.7 Å². The molecule has 0 bridgehead atoms. The molecule has 36 nitrogen and oxygen atoms in total. The van der Waals surface area contributed by atoms with Gasteiger partial charge in [-0.1, -0.05) is 102 Å². The highest BCUT2D eigenvalue weighted by molar-refractivity contribution is 14.1. The number of aryl methyl sites for hydroxylation is 1. The van der Waals surface area contributed by atoms with E-state index in [4.69, 9.17) is 5.73 Å². The first-order valence-electron chi connectivity index (χ1n) is 29.5. The first-order chi connectivity index (χ1) is 44.8. The molecule has 0 spiro atoms. The van der Waals surface area contributed by atoms with Gasteiger partial charge in [0.2, 0.25) is 65.0 Å². The zero-order valence-corrected chi connectivity index (χ0v) is 54.0. The van der Waals surface area contributed by atoms with E-state index in [1.807, 2.05) is 63.9 Å². The minimum atomic E-state index is -2.24. The van der Waals surface area contributed by atoms with Crippen LogP contribution < -0.4 is 64.2 Å². The summed E-state index contributed by atoms with van der Waals surface area (Å²) in [4.78, 5) is 205. The number of alkyl halides is 1. The van der Waals surface area contributed by atoms with Crippen LogP contribution in [0.25, 0.3) is 0 Å². The molecule has 3 rings (SSSR count). The number of nitrogens with two attached hydrogens (primary N) is 1. The fourth-order valence-electron chi connectivity index (χ4n) is 8.85. The third-order valence-electron chi connectivity index (χ3n) is 13.3. The number of benzene rings is 2. The second-order valence-electron chi connectivity index (χ2n) is 21.9. The van der Waals surface area contributed by atoms with E-state index in [1.165, 1.54) is 0 Å². The monoisotopic (exact) mass is 1450 g/mol. The standard InChI is InChI=1S/C58H78IN15O21/c1-30(2)18-34-29-74(73-72-34)17-11-10-16-35(51(60)88)66-53(90)36(19-32-12-6-4-7-13-32)67-54(91)37(20-33-14-8-5-9-15-33)68-57(94)41(24-49(84)85)71-58(95)42(25-50(86)87)70-56(93)40(23-48(82)83)65-45(77)28-62-43(75)26-61-44(76)27-63-52(89)38(21-46(78)79)69-55(92)39(22-47(80)81)64-31(3)59/h4-9,12-15,29-31,35-42,64H,10-11,16-28H2,1-3H3,(H2,60,88)(H,61,76)(H,62,75)(H,63,89)(H,65,77)(H,66,90)(H,67,91)(H,68,94)(H,69,92)(H,70,93)(H,71,95)(H,78,79)(H,80,81)(H,82,83)(H,84,85)(H,86,87). The molecule has 518 valence electrons. The summed E-state index contributed by atoms with van der Waals surface area (Å²) in [5, 5.41) is 80.5. The van der Waals surface area contributed by atoms with E-state index >= 15 is 0 Å². The molecule has 0 radical (unpaired) electrons. The lowest BCUT2D eigenvalue weighted by atomic mass is 10.0. The zero-order valence-electron chi connectivity index (χ0n) is 51.8. The number of carbonyl (C=O) groups excluding carboxylic acids is 11. The largest absolute Gasteiger partial charge is 0.481 e. The van der Waals surface area contributed by atoms with Gasteiger partial charge in [0.15, 0.2) is 0 Å². The summed E-state index contributed by atoms with van der Waals surface area (Å²) in [6.45, 7) is 3.32. The molecule has 0 saturated heterocycles. The van der Waals surface area contributed by atoms with Crippen LogP contribution >= 0.6 is 22.6 Å². The van der Waals surface area contributed by atoms with Gasteiger partial charge in [-0.25, -0.2) is 0 Å². The second kappa shape index (κ2) is 40.7. The Balaban J connectivity index is 1.73. The number of carboxylic acids is 5. The maximum Gasteiger partial charge on any atom is 0.305 e. The van der Waals surface area contributed by atoms with Crippen LogP contribution in [0.2, 0.25) is 0 Å². The van der Waals surface area contributed by atoms with Crippen molar-refractivity contribution in [1.29, 1.82) is 0 Å². The molecule has 1 aromatic heterocycles. The van der Waals surface area contributed by atoms with Crippen LogP contribution in [-0.2, 0) is 103 Å². The van der Waals surface area contributed by atoms with Gasteiger partial charge in [0.1, 0.15) is 42.3 Å². The van der Waals surface area contributed by atoms with Crippen LogP contribution in [0.5, 0.6) is 0 Å². The van der Waals surface area contributed by atoms with E-state index in [0.717, 1.165) is 12.1 Å². The Bertz CT molecular complexity index is 3210. The first-order valence-corrected chi connectivity index (χ1v) is 30.7. The molecule has 0 fully saturated rings. The lowest BCUT2D eigenvalue weighted by Gasteiger charge is -2.27. The van der Waals surface area contributed by atoms with Crippen LogP contribution in [-0.4, -0.2) is 207 Å². The number of carbonyl (C=O) groups is 16. The predicted molar refractivity (Wildman–Crippen MR) is 336 cm³/mol. The summed E-state index contributed by atoms with van der Waals surface area (Å²) >= 11 is 1.83. The van der Waals surface area contributed by atoms with Crippen LogP contribution in [0.4, 0.5) is 0 Å². The normalized spacial score (nSPS) is 13.7. The number of halogens is 1. The number of nitrogens with zero attached hydrogens (tertiary/aromatic N) is 3. The summed E-state index contributed by atoms with van der Waals surface area (Å²) in [6.07, 6.45) is -2.41. The Morgan fingerprint density at radius 1 is 0.442 bits per heavy atom. The van der Waals surface area contributed by atoms with Crippen molar-refractivity contribution in [1.82, 2.24) is 73.5 Å². The summed E-state index contributed by atoms with van der Waals surface area (Å²) in [6, 6.07) is 2.32. The van der Waals surface area contributed by atoms with Gasteiger partial charge < -0.3 is 84.4 Å². The Hall–Kier alpha value is -10.2. The molecule has 37 heteroatoms. The molecular weight excluding hydrogens is 1370 g/mol. The number of hydrogen-bond donors (Lipinski definition) is 17. The van der Waals surface area contributed by atoms with E-state index in [-0.39, 0.29) is 19.3 Å². The van der Waals surface area contributed by atoms with Crippen LogP contribution in [0, 0.1) is 5.92 Å². The molecule has 11 amide bonds. The van der Waals surface area contributed by atoms with Crippen molar-refractivity contribution in [3.63, 3.8) is 0 Å². The number of nitrogens with one attached hydrogen (secondary N) is 11. The number of carboxylic acid groups (broad SMARTS) is 5. The molecule has 9 unspecified atom stereocenters. The lowest BCUT2D eigenvalue weighted by Crippen LogP contribution is -2.60. The third-order valence-corrected chi connectivity index (χ3v) is 13.7. The van der Waals surface area contributed by atoms with Gasteiger partial charge in [0.25, 0.3) is 0 Å². The first kappa shape index (κ1) is 79.0. The second-order valence-corrected chi connectivity index (χ2v) is 23.8. The molecule has 95 heavy (non-hydrogen) atoms. The highest BCUT2D eigenvalue weighted by atomic mass is 127. The van der Waals surface area contributed by atoms with E-state index < -0.39 is 199 Å². The summed E-state index contributed by atoms with van der Waals surface area (Å²) in [5.74, 6) is -20.6. The highest BCUT2D eigenvalue weighted by Crippen LogP contribution is 2.12. The average Bonchev–Trinajstić information content (AvgIpc) is 1.52. The van der Waals surface area contributed by atoms with Gasteiger partial charge in [-0.3, -0.25) is 86.7 Å². The van der Waals surface area contributed by atoms with Gasteiger partial charge in [-0.2, -0.15) is 0 Å². The smallest absolute Gasteiger partial charge is 0.305 e. The molecular formula is C58H78IN15O21. The minimum absolute atomic E-state index is 0.0958. The molecule has 0 aliphatic rings. The number of aromatic nitrogens is 3. The molecule has 18 N–H and O–H groups in total. The molecule has 3 aromatic rings. The predicted octanol–water partition coefficient (Wildman–Crippen LogP) is -4.53. The van der Waals surface area contributed by atoms with E-state index in [0.29, 0.717) is 36.4 Å². The Morgan fingerprint density at radius 3 is 1.21 bits per heavy atom. The van der Waals surface area contributed by atoms with Crippen molar-refractivity contribution in [3.8, 4) is 0 Å². The topological polar surface area (TPSA) is 563 Å². The molecule has 1 heterocycles. The van der Waals surface area contributed by atoms with Crippen molar-refractivity contribution >= 4 is 117 Å². The van der Waals surface area contributed by atoms with Crippen molar-refractivity contribution < 1.29 is 102 Å². The maximum absolute atomic E-state index is 14.5. The van der Waals surface area contributed by atoms with Crippen LogP contribution in [0.15, 0.2) is 66.9 Å². The SMILES string of the molecule is CC(C)Cc1cn(CCCCC(NC(=O)C(Cc2ccccc2)NC(=O)C(Cc2ccccc2)NC(=O)C(CC(=O)O)NC(=O)C(CC(=O)O)NC(=O)C(CC(=O)O)NC(=O)CNC(=O)CNC(=O)CNC(=O)C(CC(=O)O)NC(=O)C(CC(=O)O)NC(C)I)C(N)=O)nn1. The quantitative estimate of drug-likeness (QED) is 0.0110. The average molecular weight is 1450 g/mol. The molecule has 0 aliphatic heterocycles. The highest BCUT2D eigenvalue weighted by Gasteiger charge is 2.36. The van der Waals surface area contributed by atoms with E-state index in [1.54, 1.807) is 72.3 Å². The fourth-order valence-corrected chi connectivity index (χ4v) is 9.29. The van der Waals surface area contributed by atoms with E-state index in [9.17, 15) is 102 Å². The summed E-state index contributed by atoms with van der Waals surface area (Å²) in [5.41, 5.74) is 7.52. The number of unbranched alkanes of at least 4 members (excludes halogenated alkanes) is 1. The Labute approximate surface area is 556 Å². The lowest BCUT2D eigenvalue weighted by molar-refractivity contribution is -0.144.